The number of likely N-dealkylation sites (N-methyl/N-ethyl adjacent to an activating group) is 1. The summed E-state index contributed by atoms with van der Waals surface area (Å²) in [6.45, 7) is 0.483. The van der Waals surface area contributed by atoms with Crippen LogP contribution in [0.15, 0.2) is 48.8 Å². The summed E-state index contributed by atoms with van der Waals surface area (Å²) in [4.78, 5) is 0. The van der Waals surface area contributed by atoms with Crippen molar-refractivity contribution in [2.24, 2.45) is 0 Å². The summed E-state index contributed by atoms with van der Waals surface area (Å²) in [6.07, 6.45) is 3.56. The van der Waals surface area contributed by atoms with E-state index in [0.717, 1.165) is 5.56 Å². The fourth-order valence-electron chi connectivity index (χ4n) is 1.83. The molecular formula is C13H14N4. The van der Waals surface area contributed by atoms with Gasteiger partial charge in [-0.25, -0.2) is 0 Å². The van der Waals surface area contributed by atoms with Crippen molar-refractivity contribution in [3.8, 4) is 6.07 Å². The maximum atomic E-state index is 9.48. The van der Waals surface area contributed by atoms with Gasteiger partial charge in [0.15, 0.2) is 5.54 Å². The largest absolute Gasteiger partial charge is 0.297 e. The molecule has 2 aromatic rings. The number of aromatic nitrogens is 2. The van der Waals surface area contributed by atoms with E-state index >= 15 is 0 Å². The minimum absolute atomic E-state index is 0.483. The molecule has 0 amide bonds. The lowest BCUT2D eigenvalue weighted by Gasteiger charge is -2.26. The van der Waals surface area contributed by atoms with E-state index in [4.69, 9.17) is 0 Å². The van der Waals surface area contributed by atoms with Crippen LogP contribution in [0.1, 0.15) is 5.56 Å². The van der Waals surface area contributed by atoms with E-state index in [0.29, 0.717) is 6.54 Å². The van der Waals surface area contributed by atoms with Crippen LogP contribution in [0.2, 0.25) is 0 Å². The maximum absolute atomic E-state index is 9.48. The lowest BCUT2D eigenvalue weighted by molar-refractivity contribution is 0.377. The molecule has 0 aliphatic rings. The predicted octanol–water partition coefficient (Wildman–Crippen LogP) is 1.52. The second-order valence-electron chi connectivity index (χ2n) is 3.84. The Morgan fingerprint density at radius 2 is 2.12 bits per heavy atom. The Hall–Kier alpha value is -2.12. The molecule has 1 aromatic heterocycles. The van der Waals surface area contributed by atoms with E-state index in [2.05, 4.69) is 16.5 Å². The van der Waals surface area contributed by atoms with E-state index in [1.54, 1.807) is 17.9 Å². The van der Waals surface area contributed by atoms with Crippen molar-refractivity contribution < 1.29 is 0 Å². The molecule has 0 saturated carbocycles. The van der Waals surface area contributed by atoms with Gasteiger partial charge in [0.1, 0.15) is 0 Å². The molecule has 1 N–H and O–H groups in total. The zero-order chi connectivity index (χ0) is 12.1. The van der Waals surface area contributed by atoms with Crippen molar-refractivity contribution in [3.63, 3.8) is 0 Å². The quantitative estimate of drug-likeness (QED) is 0.860. The summed E-state index contributed by atoms with van der Waals surface area (Å²) in [5, 5.41) is 16.7. The van der Waals surface area contributed by atoms with Gasteiger partial charge < -0.3 is 0 Å². The van der Waals surface area contributed by atoms with Gasteiger partial charge in [0, 0.05) is 12.4 Å². The molecule has 86 valence electrons. The van der Waals surface area contributed by atoms with Gasteiger partial charge in [0.25, 0.3) is 0 Å². The normalized spacial score (nSPS) is 13.9. The van der Waals surface area contributed by atoms with E-state index < -0.39 is 5.54 Å². The summed E-state index contributed by atoms with van der Waals surface area (Å²) in [6, 6.07) is 13.9. The molecule has 17 heavy (non-hydrogen) atoms. The van der Waals surface area contributed by atoms with Gasteiger partial charge in [-0.3, -0.25) is 10.00 Å². The number of nitriles is 1. The molecule has 0 aliphatic heterocycles. The molecule has 0 spiro atoms. The summed E-state index contributed by atoms with van der Waals surface area (Å²) in [5.41, 5.74) is 0.202. The van der Waals surface area contributed by atoms with Crippen LogP contribution in [0, 0.1) is 11.3 Å². The highest BCUT2D eigenvalue weighted by molar-refractivity contribution is 5.30. The average molecular weight is 226 g/mol. The van der Waals surface area contributed by atoms with Crippen LogP contribution >= 0.6 is 0 Å². The first-order chi connectivity index (χ1) is 8.30. The van der Waals surface area contributed by atoms with Crippen molar-refractivity contribution in [1.82, 2.24) is 15.1 Å². The van der Waals surface area contributed by atoms with Crippen molar-refractivity contribution in [2.45, 2.75) is 12.1 Å². The fraction of sp³-hybridized carbons (Fsp3) is 0.231. The highest BCUT2D eigenvalue weighted by Gasteiger charge is 2.31. The highest BCUT2D eigenvalue weighted by Crippen LogP contribution is 2.21. The van der Waals surface area contributed by atoms with Gasteiger partial charge in [0.05, 0.1) is 12.6 Å². The zero-order valence-corrected chi connectivity index (χ0v) is 9.67. The lowest BCUT2D eigenvalue weighted by Crippen LogP contribution is -2.42. The van der Waals surface area contributed by atoms with Gasteiger partial charge in [-0.1, -0.05) is 30.3 Å². The highest BCUT2D eigenvalue weighted by atomic mass is 15.3. The van der Waals surface area contributed by atoms with Crippen LogP contribution in [0.25, 0.3) is 0 Å². The van der Waals surface area contributed by atoms with E-state index in [-0.39, 0.29) is 0 Å². The van der Waals surface area contributed by atoms with Crippen molar-refractivity contribution in [3.05, 3.63) is 54.4 Å². The second-order valence-corrected chi connectivity index (χ2v) is 3.84. The third-order valence-electron chi connectivity index (χ3n) is 2.84. The molecule has 1 aromatic carbocycles. The summed E-state index contributed by atoms with van der Waals surface area (Å²) in [5.74, 6) is 0. The molecule has 0 radical (unpaired) electrons. The van der Waals surface area contributed by atoms with Crippen molar-refractivity contribution in [1.29, 1.82) is 5.26 Å². The third-order valence-corrected chi connectivity index (χ3v) is 2.84. The molecule has 1 heterocycles. The smallest absolute Gasteiger partial charge is 0.151 e. The SMILES string of the molecule is CNC(C#N)(Cn1cccn1)c1ccccc1. The fourth-order valence-corrected chi connectivity index (χ4v) is 1.83. The molecule has 1 unspecified atom stereocenters. The van der Waals surface area contributed by atoms with Gasteiger partial charge in [-0.05, 0) is 18.7 Å². The number of hydrogen-bond acceptors (Lipinski definition) is 3. The monoisotopic (exact) mass is 226 g/mol. The molecule has 0 aliphatic carbocycles. The first-order valence-corrected chi connectivity index (χ1v) is 5.44. The topological polar surface area (TPSA) is 53.6 Å². The van der Waals surface area contributed by atoms with Crippen LogP contribution in [0.4, 0.5) is 0 Å². The Balaban J connectivity index is 2.37. The molecular weight excluding hydrogens is 212 g/mol. The maximum Gasteiger partial charge on any atom is 0.151 e. The Morgan fingerprint density at radius 1 is 1.35 bits per heavy atom. The van der Waals surface area contributed by atoms with Crippen LogP contribution in [0.5, 0.6) is 0 Å². The Labute approximate surface area is 100 Å². The molecule has 4 nitrogen and oxygen atoms in total. The molecule has 4 heteroatoms. The average Bonchev–Trinajstić information content (AvgIpc) is 2.90. The minimum atomic E-state index is -0.743. The van der Waals surface area contributed by atoms with E-state index in [1.807, 2.05) is 42.6 Å². The van der Waals surface area contributed by atoms with Crippen LogP contribution < -0.4 is 5.32 Å². The first kappa shape index (κ1) is 11.4. The van der Waals surface area contributed by atoms with Crippen LogP contribution in [0.3, 0.4) is 0 Å². The number of nitrogens with one attached hydrogen (secondary N) is 1. The van der Waals surface area contributed by atoms with Crippen molar-refractivity contribution >= 4 is 0 Å². The number of nitrogens with zero attached hydrogens (tertiary/aromatic N) is 3. The summed E-state index contributed by atoms with van der Waals surface area (Å²) in [7, 11) is 1.79. The van der Waals surface area contributed by atoms with Gasteiger partial charge in [0.2, 0.25) is 0 Å². The molecule has 0 bridgehead atoms. The van der Waals surface area contributed by atoms with Crippen LogP contribution in [-0.2, 0) is 12.1 Å². The summed E-state index contributed by atoms with van der Waals surface area (Å²) >= 11 is 0. The second kappa shape index (κ2) is 4.81. The Bertz CT molecular complexity index is 498. The van der Waals surface area contributed by atoms with Gasteiger partial charge in [-0.2, -0.15) is 10.4 Å². The zero-order valence-electron chi connectivity index (χ0n) is 9.67. The standard InChI is InChI=1S/C13H14N4/c1-15-13(10-14,11-17-9-5-8-16-17)12-6-3-2-4-7-12/h2-9,15H,11H2,1H3. The molecule has 1 atom stereocenters. The summed E-state index contributed by atoms with van der Waals surface area (Å²) < 4.78 is 1.76. The van der Waals surface area contributed by atoms with E-state index in [1.165, 1.54) is 0 Å². The minimum Gasteiger partial charge on any atom is -0.297 e. The molecule has 0 fully saturated rings. The number of benzene rings is 1. The number of rotatable bonds is 4. The van der Waals surface area contributed by atoms with E-state index in [9.17, 15) is 5.26 Å². The first-order valence-electron chi connectivity index (χ1n) is 5.44. The van der Waals surface area contributed by atoms with Crippen LogP contribution in [-0.4, -0.2) is 16.8 Å². The lowest BCUT2D eigenvalue weighted by atomic mass is 9.91. The third kappa shape index (κ3) is 2.19. The number of hydrogen-bond donors (Lipinski definition) is 1. The van der Waals surface area contributed by atoms with Crippen molar-refractivity contribution in [2.75, 3.05) is 7.05 Å². The Kier molecular flexibility index (Phi) is 3.22. The molecule has 0 saturated heterocycles. The Morgan fingerprint density at radius 3 is 2.65 bits per heavy atom. The van der Waals surface area contributed by atoms with Gasteiger partial charge >= 0.3 is 0 Å². The predicted molar refractivity (Wildman–Crippen MR) is 65.0 cm³/mol. The molecule has 2 rings (SSSR count). The van der Waals surface area contributed by atoms with Gasteiger partial charge in [-0.15, -0.1) is 0 Å².